The van der Waals surface area contributed by atoms with Gasteiger partial charge in [0.2, 0.25) is 0 Å². The normalized spacial score (nSPS) is 15.4. The number of carbonyl (C=O) groups excluding carboxylic acids is 2. The molecule has 0 aliphatic heterocycles. The quantitative estimate of drug-likeness (QED) is 0.555. The highest BCUT2D eigenvalue weighted by Gasteiger charge is 2.38. The average molecular weight is 316 g/mol. The Bertz CT molecular complexity index is 396. The Kier molecular flexibility index (Phi) is 7.07. The van der Waals surface area contributed by atoms with Gasteiger partial charge in [0.05, 0.1) is 20.1 Å². The number of rotatable bonds is 6. The molecular weight excluding hydrogens is 282 g/mol. The zero-order chi connectivity index (χ0) is 17.8. The fourth-order valence-electron chi connectivity index (χ4n) is 1.88. The first-order chi connectivity index (χ1) is 9.75. The summed E-state index contributed by atoms with van der Waals surface area (Å²) in [6, 6.07) is 0. The maximum absolute atomic E-state index is 12.2. The Morgan fingerprint density at radius 3 is 1.95 bits per heavy atom. The van der Waals surface area contributed by atoms with E-state index in [1.807, 2.05) is 48.6 Å². The molecule has 0 aromatic carbocycles. The van der Waals surface area contributed by atoms with Crippen molar-refractivity contribution < 1.29 is 23.5 Å². The largest absolute Gasteiger partial charge is 0.516 e. The molecule has 0 heterocycles. The predicted octanol–water partition coefficient (Wildman–Crippen LogP) is 3.61. The minimum atomic E-state index is -0.628. The molecule has 0 aliphatic rings. The number of hydrogen-bond donors (Lipinski definition) is 0. The third kappa shape index (κ3) is 5.95. The van der Waals surface area contributed by atoms with Crippen LogP contribution in [-0.4, -0.2) is 48.9 Å². The van der Waals surface area contributed by atoms with E-state index < -0.39 is 11.6 Å². The van der Waals surface area contributed by atoms with E-state index in [4.69, 9.17) is 9.47 Å². The maximum atomic E-state index is 12.2. The van der Waals surface area contributed by atoms with Crippen molar-refractivity contribution in [3.8, 4) is 0 Å². The van der Waals surface area contributed by atoms with Crippen LogP contribution >= 0.6 is 0 Å². The van der Waals surface area contributed by atoms with E-state index in [1.54, 1.807) is 0 Å². The van der Waals surface area contributed by atoms with Crippen LogP contribution in [0.25, 0.3) is 0 Å². The van der Waals surface area contributed by atoms with Gasteiger partial charge < -0.3 is 9.47 Å². The Labute approximate surface area is 135 Å². The molecular formula is C17H34NO4+. The van der Waals surface area contributed by atoms with Gasteiger partial charge in [-0.3, -0.25) is 0 Å². The monoisotopic (exact) mass is 316 g/mol. The molecule has 0 rings (SSSR count). The lowest BCUT2D eigenvalue weighted by Gasteiger charge is -2.38. The van der Waals surface area contributed by atoms with Crippen LogP contribution in [0, 0.1) is 11.3 Å². The van der Waals surface area contributed by atoms with Gasteiger partial charge in [0.15, 0.2) is 6.61 Å². The van der Waals surface area contributed by atoms with Crippen molar-refractivity contribution in [3.05, 3.63) is 0 Å². The van der Waals surface area contributed by atoms with Gasteiger partial charge in [-0.2, -0.15) is 4.79 Å². The third-order valence-corrected chi connectivity index (χ3v) is 4.40. The molecule has 1 atom stereocenters. The highest BCUT2D eigenvalue weighted by molar-refractivity contribution is 5.74. The molecule has 1 unspecified atom stereocenters. The molecule has 130 valence electrons. The zero-order valence-electron chi connectivity index (χ0n) is 15.8. The standard InChI is InChI=1S/C17H34NO4/c1-10-18(9,11-13(2)3)15(20)21-12-14(19)22-17(7,8)16(4,5)6/h13H,10-12H2,1-9H3/q+1. The fourth-order valence-corrected chi connectivity index (χ4v) is 1.88. The molecule has 0 radical (unpaired) electrons. The van der Waals surface area contributed by atoms with E-state index in [0.29, 0.717) is 19.0 Å². The summed E-state index contributed by atoms with van der Waals surface area (Å²) < 4.78 is 10.8. The predicted molar refractivity (Wildman–Crippen MR) is 87.4 cm³/mol. The smallest absolute Gasteiger partial charge is 0.457 e. The highest BCUT2D eigenvalue weighted by Crippen LogP contribution is 2.32. The molecule has 5 nitrogen and oxygen atoms in total. The number of hydrogen-bond acceptors (Lipinski definition) is 4. The number of quaternary nitrogens is 1. The van der Waals surface area contributed by atoms with E-state index in [-0.39, 0.29) is 22.6 Å². The Hall–Kier alpha value is -1.10. The van der Waals surface area contributed by atoms with E-state index in [9.17, 15) is 9.59 Å². The summed E-state index contributed by atoms with van der Waals surface area (Å²) in [5.41, 5.74) is -0.824. The Morgan fingerprint density at radius 2 is 1.59 bits per heavy atom. The lowest BCUT2D eigenvalue weighted by atomic mass is 9.79. The number of ether oxygens (including phenoxy) is 2. The zero-order valence-corrected chi connectivity index (χ0v) is 15.8. The van der Waals surface area contributed by atoms with Gasteiger partial charge in [-0.25, -0.2) is 9.28 Å². The SMILES string of the molecule is CC[N+](C)(CC(C)C)C(=O)OCC(=O)OC(C)(C)C(C)(C)C. The lowest BCUT2D eigenvalue weighted by molar-refractivity contribution is -0.839. The fraction of sp³-hybridized carbons (Fsp3) is 0.882. The molecule has 5 heteroatoms. The van der Waals surface area contributed by atoms with Gasteiger partial charge in [-0.05, 0) is 20.8 Å². The number of nitrogens with zero attached hydrogens (tertiary/aromatic N) is 1. The molecule has 0 fully saturated rings. The second-order valence-electron chi connectivity index (χ2n) is 8.08. The highest BCUT2D eigenvalue weighted by atomic mass is 16.6. The summed E-state index contributed by atoms with van der Waals surface area (Å²) in [5, 5.41) is 0. The van der Waals surface area contributed by atoms with E-state index >= 15 is 0 Å². The van der Waals surface area contributed by atoms with Crippen LogP contribution in [0.15, 0.2) is 0 Å². The van der Waals surface area contributed by atoms with Crippen molar-refractivity contribution in [2.75, 3.05) is 26.7 Å². The van der Waals surface area contributed by atoms with E-state index in [1.165, 1.54) is 0 Å². The average Bonchev–Trinajstić information content (AvgIpc) is 2.32. The third-order valence-electron chi connectivity index (χ3n) is 4.40. The van der Waals surface area contributed by atoms with E-state index in [0.717, 1.165) is 0 Å². The topological polar surface area (TPSA) is 52.6 Å². The first kappa shape index (κ1) is 20.9. The summed E-state index contributed by atoms with van der Waals surface area (Å²) in [6.07, 6.45) is -0.387. The number of esters is 1. The van der Waals surface area contributed by atoms with Crippen molar-refractivity contribution in [1.82, 2.24) is 0 Å². The summed E-state index contributed by atoms with van der Waals surface area (Å²) >= 11 is 0. The maximum Gasteiger partial charge on any atom is 0.516 e. The van der Waals surface area contributed by atoms with Gasteiger partial charge in [-0.1, -0.05) is 34.6 Å². The minimum Gasteiger partial charge on any atom is -0.457 e. The van der Waals surface area contributed by atoms with Crippen molar-refractivity contribution in [2.24, 2.45) is 11.3 Å². The van der Waals surface area contributed by atoms with Crippen molar-refractivity contribution in [3.63, 3.8) is 0 Å². The van der Waals surface area contributed by atoms with Crippen LogP contribution in [0.3, 0.4) is 0 Å². The lowest BCUT2D eigenvalue weighted by Crippen LogP contribution is -2.52. The molecule has 1 amide bonds. The molecule has 0 aliphatic carbocycles. The van der Waals surface area contributed by atoms with E-state index in [2.05, 4.69) is 13.8 Å². The van der Waals surface area contributed by atoms with Gasteiger partial charge in [-0.15, -0.1) is 0 Å². The van der Waals surface area contributed by atoms with Gasteiger partial charge >= 0.3 is 12.1 Å². The molecule has 0 bridgehead atoms. The summed E-state index contributed by atoms with van der Waals surface area (Å²) in [5.74, 6) is -0.148. The molecule has 0 aromatic rings. The first-order valence-electron chi connectivity index (χ1n) is 7.99. The Balaban J connectivity index is 4.62. The van der Waals surface area contributed by atoms with Crippen molar-refractivity contribution >= 4 is 12.1 Å². The van der Waals surface area contributed by atoms with Crippen LogP contribution in [-0.2, 0) is 14.3 Å². The number of carbonyl (C=O) groups is 2. The summed E-state index contributed by atoms with van der Waals surface area (Å²) in [6.45, 7) is 16.7. The second kappa shape index (κ2) is 7.44. The van der Waals surface area contributed by atoms with Crippen molar-refractivity contribution in [2.45, 2.75) is 61.0 Å². The molecule has 0 saturated carbocycles. The van der Waals surface area contributed by atoms with Gasteiger partial charge in [0.25, 0.3) is 0 Å². The summed E-state index contributed by atoms with van der Waals surface area (Å²) in [7, 11) is 1.83. The van der Waals surface area contributed by atoms with Gasteiger partial charge in [0, 0.05) is 11.3 Å². The minimum absolute atomic E-state index is 0.160. The molecule has 0 saturated heterocycles. The second-order valence-corrected chi connectivity index (χ2v) is 8.08. The molecule has 22 heavy (non-hydrogen) atoms. The van der Waals surface area contributed by atoms with Gasteiger partial charge in [0.1, 0.15) is 5.60 Å². The van der Waals surface area contributed by atoms with Crippen LogP contribution in [0.2, 0.25) is 0 Å². The number of amides is 1. The van der Waals surface area contributed by atoms with Crippen LogP contribution < -0.4 is 0 Å². The Morgan fingerprint density at radius 1 is 1.09 bits per heavy atom. The molecule has 0 spiro atoms. The van der Waals surface area contributed by atoms with Crippen molar-refractivity contribution in [1.29, 1.82) is 0 Å². The summed E-state index contributed by atoms with van der Waals surface area (Å²) in [4.78, 5) is 24.2. The first-order valence-corrected chi connectivity index (χ1v) is 7.99. The van der Waals surface area contributed by atoms with Crippen LogP contribution in [0.5, 0.6) is 0 Å². The van der Waals surface area contributed by atoms with Crippen LogP contribution in [0.1, 0.15) is 55.4 Å². The van der Waals surface area contributed by atoms with Crippen LogP contribution in [0.4, 0.5) is 4.79 Å². The molecule has 0 N–H and O–H groups in total. The molecule has 0 aromatic heterocycles.